The van der Waals surface area contributed by atoms with Gasteiger partial charge in [0.2, 0.25) is 5.91 Å². The number of halogens is 2. The van der Waals surface area contributed by atoms with E-state index in [1.54, 1.807) is 19.3 Å². The van der Waals surface area contributed by atoms with E-state index >= 15 is 0 Å². The molecule has 15 heteroatoms. The number of hydrogen-bond donors (Lipinski definition) is 3. The summed E-state index contributed by atoms with van der Waals surface area (Å²) in [6.07, 6.45) is 4.39. The number of hydrogen-bond acceptors (Lipinski definition) is 9. The number of rotatable bonds is 9. The van der Waals surface area contributed by atoms with E-state index in [0.29, 0.717) is 22.6 Å². The van der Waals surface area contributed by atoms with Crippen molar-refractivity contribution in [2.75, 3.05) is 56.7 Å². The van der Waals surface area contributed by atoms with Crippen LogP contribution in [0.15, 0.2) is 41.7 Å². The second kappa shape index (κ2) is 12.6. The number of phenols is 1. The minimum atomic E-state index is -0.893. The lowest BCUT2D eigenvalue weighted by atomic mass is 10.0. The molecular formula is C28H30Cl2N8O5. The maximum Gasteiger partial charge on any atom is 0.263 e. The van der Waals surface area contributed by atoms with E-state index < -0.39 is 17.6 Å². The third-order valence-electron chi connectivity index (χ3n) is 7.25. The Hall–Kier alpha value is -4.17. The highest BCUT2D eigenvalue weighted by atomic mass is 35.5. The van der Waals surface area contributed by atoms with Crippen molar-refractivity contribution in [1.29, 1.82) is 0 Å². The quantitative estimate of drug-likeness (QED) is 0.252. The summed E-state index contributed by atoms with van der Waals surface area (Å²) in [6.45, 7) is 4.55. The molecule has 0 unspecified atom stereocenters. The normalized spacial score (nSPS) is 13.8. The fraction of sp³-hybridized carbons (Fsp3) is 0.321. The van der Waals surface area contributed by atoms with Crippen LogP contribution in [-0.4, -0.2) is 87.4 Å². The van der Waals surface area contributed by atoms with Crippen LogP contribution in [0.4, 0.5) is 11.5 Å². The van der Waals surface area contributed by atoms with E-state index in [2.05, 4.69) is 20.2 Å². The zero-order chi connectivity index (χ0) is 30.8. The average Bonchev–Trinajstić information content (AvgIpc) is 3.35. The van der Waals surface area contributed by atoms with Gasteiger partial charge in [0.05, 0.1) is 52.4 Å². The summed E-state index contributed by atoms with van der Waals surface area (Å²) in [5, 5.41) is 13.4. The molecular weight excluding hydrogens is 599 g/mol. The number of anilines is 2. The lowest BCUT2D eigenvalue weighted by Gasteiger charge is -2.29. The molecule has 43 heavy (non-hydrogen) atoms. The summed E-state index contributed by atoms with van der Waals surface area (Å²) < 4.78 is 8.21. The molecule has 1 saturated heterocycles. The number of likely N-dealkylation sites (N-methyl/N-ethyl adjacent to an activating group) is 1. The molecule has 0 spiro atoms. The zero-order valence-corrected chi connectivity index (χ0v) is 25.0. The number of ether oxygens (including phenoxy) is 1. The van der Waals surface area contributed by atoms with Crippen molar-refractivity contribution in [3.63, 3.8) is 0 Å². The minimum Gasteiger partial charge on any atom is -0.506 e. The molecule has 13 nitrogen and oxygen atoms in total. The Balaban J connectivity index is 1.40. The van der Waals surface area contributed by atoms with Gasteiger partial charge >= 0.3 is 0 Å². The maximum atomic E-state index is 13.3. The van der Waals surface area contributed by atoms with Crippen LogP contribution < -0.4 is 21.5 Å². The molecule has 4 N–H and O–H groups in total. The molecule has 2 amide bonds. The Morgan fingerprint density at radius 1 is 1.16 bits per heavy atom. The number of nitrogens with zero attached hydrogens (tertiary/aromatic N) is 6. The topological polar surface area (TPSA) is 161 Å². The molecule has 3 aromatic heterocycles. The van der Waals surface area contributed by atoms with Crippen molar-refractivity contribution < 1.29 is 19.4 Å². The Labute approximate surface area is 256 Å². The van der Waals surface area contributed by atoms with E-state index in [1.807, 2.05) is 11.9 Å². The van der Waals surface area contributed by atoms with Crippen LogP contribution in [0.2, 0.25) is 10.0 Å². The lowest BCUT2D eigenvalue weighted by molar-refractivity contribution is -0.116. The monoisotopic (exact) mass is 628 g/mol. The molecule has 1 aromatic carbocycles. The first kappa shape index (κ1) is 30.3. The van der Waals surface area contributed by atoms with Crippen LogP contribution in [0.1, 0.15) is 10.4 Å². The van der Waals surface area contributed by atoms with Crippen LogP contribution in [0.25, 0.3) is 22.2 Å². The van der Waals surface area contributed by atoms with Gasteiger partial charge in [-0.15, -0.1) is 0 Å². The Kier molecular flexibility index (Phi) is 8.87. The molecule has 1 fully saturated rings. The summed E-state index contributed by atoms with van der Waals surface area (Å²) in [7, 11) is 3.46. The van der Waals surface area contributed by atoms with Gasteiger partial charge in [0.25, 0.3) is 11.5 Å². The van der Waals surface area contributed by atoms with Gasteiger partial charge in [-0.25, -0.2) is 9.97 Å². The number of pyridine rings is 1. The first-order valence-electron chi connectivity index (χ1n) is 13.4. The van der Waals surface area contributed by atoms with Crippen LogP contribution in [-0.2, 0) is 23.1 Å². The number of nitrogens with one attached hydrogen (secondary N) is 1. The maximum absolute atomic E-state index is 13.3. The van der Waals surface area contributed by atoms with Gasteiger partial charge in [-0.2, -0.15) is 0 Å². The van der Waals surface area contributed by atoms with Crippen LogP contribution in [0.3, 0.4) is 0 Å². The zero-order valence-electron chi connectivity index (χ0n) is 23.5. The third-order valence-corrected chi connectivity index (χ3v) is 7.84. The number of benzene rings is 1. The number of amides is 2. The lowest BCUT2D eigenvalue weighted by Crippen LogP contribution is -2.40. The number of aryl methyl sites for hydroxylation is 1. The molecule has 0 atom stereocenters. The fourth-order valence-corrected chi connectivity index (χ4v) is 5.22. The molecule has 4 heterocycles. The molecule has 5 rings (SSSR count). The Morgan fingerprint density at radius 3 is 2.63 bits per heavy atom. The van der Waals surface area contributed by atoms with Gasteiger partial charge in [0, 0.05) is 58.1 Å². The van der Waals surface area contributed by atoms with Crippen molar-refractivity contribution in [1.82, 2.24) is 24.0 Å². The molecule has 0 saturated carbocycles. The molecule has 0 bridgehead atoms. The number of fused-ring (bicyclic) bond motifs is 1. The largest absolute Gasteiger partial charge is 0.506 e. The molecule has 1 aliphatic heterocycles. The van der Waals surface area contributed by atoms with Gasteiger partial charge in [-0.05, 0) is 17.7 Å². The first-order chi connectivity index (χ1) is 20.5. The van der Waals surface area contributed by atoms with Crippen LogP contribution in [0, 0.1) is 0 Å². The Bertz CT molecular complexity index is 1770. The van der Waals surface area contributed by atoms with Crippen molar-refractivity contribution in [2.24, 2.45) is 12.8 Å². The van der Waals surface area contributed by atoms with Crippen molar-refractivity contribution >= 4 is 57.6 Å². The summed E-state index contributed by atoms with van der Waals surface area (Å²) in [5.41, 5.74) is 6.14. The SMILES string of the molecule is CN(CCN1CCOCC1)c1cc(NC(=O)Cn2cc(-c3cc(Cl)c(O)c(C(N)=O)c3)c3c(=O)n(C)cnc32)c(Cl)cn1. The van der Waals surface area contributed by atoms with E-state index in [0.717, 1.165) is 39.4 Å². The van der Waals surface area contributed by atoms with E-state index in [1.165, 1.54) is 33.8 Å². The highest BCUT2D eigenvalue weighted by Crippen LogP contribution is 2.36. The Morgan fingerprint density at radius 2 is 1.91 bits per heavy atom. The third kappa shape index (κ3) is 6.44. The van der Waals surface area contributed by atoms with Crippen molar-refractivity contribution in [3.05, 3.63) is 62.9 Å². The fourth-order valence-electron chi connectivity index (χ4n) is 4.85. The molecule has 0 radical (unpaired) electrons. The van der Waals surface area contributed by atoms with Crippen LogP contribution >= 0.6 is 23.2 Å². The number of morpholine rings is 1. The van der Waals surface area contributed by atoms with Gasteiger partial charge in [0.15, 0.2) is 0 Å². The minimum absolute atomic E-state index is 0.122. The van der Waals surface area contributed by atoms with Gasteiger partial charge in [-0.3, -0.25) is 19.3 Å². The predicted molar refractivity (Wildman–Crippen MR) is 164 cm³/mol. The number of aromatic nitrogens is 4. The second-order valence-electron chi connectivity index (χ2n) is 10.2. The summed E-state index contributed by atoms with van der Waals surface area (Å²) >= 11 is 12.5. The first-order valence-corrected chi connectivity index (χ1v) is 14.1. The highest BCUT2D eigenvalue weighted by Gasteiger charge is 2.21. The average molecular weight is 630 g/mol. The number of aromatic hydroxyl groups is 1. The number of primary amides is 1. The molecule has 226 valence electrons. The number of carbonyl (C=O) groups is 2. The molecule has 1 aliphatic rings. The highest BCUT2D eigenvalue weighted by molar-refractivity contribution is 6.34. The number of nitrogens with two attached hydrogens (primary N) is 1. The van der Waals surface area contributed by atoms with Crippen molar-refractivity contribution in [2.45, 2.75) is 6.54 Å². The predicted octanol–water partition coefficient (Wildman–Crippen LogP) is 2.32. The molecule has 0 aliphatic carbocycles. The van der Waals surface area contributed by atoms with E-state index in [4.69, 9.17) is 33.7 Å². The standard InChI is InChI=1S/C28H30Cl2N8O5/c1-35(3-4-37-5-7-43-8-6-37)22-11-21(20(30)12-32-22)34-23(39)14-38-13-18(24-27(38)33-15-36(2)28(24)42)16-9-17(26(31)41)25(40)19(29)10-16/h9-13,15,40H,3-8,14H2,1-2H3,(H2,31,41)(H,32,34,39). The second-order valence-corrected chi connectivity index (χ2v) is 11.0. The van der Waals surface area contributed by atoms with Gasteiger partial charge < -0.3 is 34.9 Å². The van der Waals surface area contributed by atoms with Crippen LogP contribution in [0.5, 0.6) is 5.75 Å². The van der Waals surface area contributed by atoms with Gasteiger partial charge in [0.1, 0.15) is 23.8 Å². The number of carbonyl (C=O) groups excluding carboxylic acids is 2. The van der Waals surface area contributed by atoms with E-state index in [-0.39, 0.29) is 38.7 Å². The summed E-state index contributed by atoms with van der Waals surface area (Å²) in [4.78, 5) is 51.4. The van der Waals surface area contributed by atoms with Gasteiger partial charge in [-0.1, -0.05) is 23.2 Å². The summed E-state index contributed by atoms with van der Waals surface area (Å²) in [5.74, 6) is -1.15. The smallest absolute Gasteiger partial charge is 0.263 e. The molecule has 4 aromatic rings. The summed E-state index contributed by atoms with van der Waals surface area (Å²) in [6, 6.07) is 4.45. The van der Waals surface area contributed by atoms with Crippen molar-refractivity contribution in [3.8, 4) is 16.9 Å². The van der Waals surface area contributed by atoms with E-state index in [9.17, 15) is 19.5 Å².